The summed E-state index contributed by atoms with van der Waals surface area (Å²) >= 11 is 0. The number of nitrogens with one attached hydrogen (secondary N) is 1. The Labute approximate surface area is 113 Å². The number of carbonyl (C=O) groups is 1. The molecule has 2 aliphatic carbocycles. The summed E-state index contributed by atoms with van der Waals surface area (Å²) in [6.45, 7) is 0. The van der Waals surface area contributed by atoms with Crippen LogP contribution in [0.25, 0.3) is 0 Å². The van der Waals surface area contributed by atoms with Gasteiger partial charge < -0.3 is 5.32 Å². The van der Waals surface area contributed by atoms with Gasteiger partial charge in [-0.2, -0.15) is 5.26 Å². The first-order chi connectivity index (χ1) is 9.26. The maximum Gasteiger partial charge on any atom is 0.224 e. The fourth-order valence-corrected chi connectivity index (χ4v) is 3.76. The van der Waals surface area contributed by atoms with Gasteiger partial charge in [0.05, 0.1) is 11.3 Å². The molecule has 98 valence electrons. The molecule has 0 radical (unpaired) electrons. The predicted molar refractivity (Wildman–Crippen MR) is 73.3 cm³/mol. The van der Waals surface area contributed by atoms with Crippen LogP contribution < -0.4 is 5.32 Å². The van der Waals surface area contributed by atoms with Crippen LogP contribution in [0.5, 0.6) is 0 Å². The number of carbonyl (C=O) groups excluding carboxylic acids is 1. The number of nitriles is 1. The Balaban J connectivity index is 1.61. The van der Waals surface area contributed by atoms with E-state index in [0.29, 0.717) is 23.6 Å². The molecule has 1 N–H and O–H groups in total. The third kappa shape index (κ3) is 2.49. The molecular weight excluding hydrogens is 236 g/mol. The molecule has 2 saturated carbocycles. The van der Waals surface area contributed by atoms with E-state index in [0.717, 1.165) is 11.8 Å². The van der Waals surface area contributed by atoms with E-state index < -0.39 is 0 Å². The number of amides is 1. The van der Waals surface area contributed by atoms with E-state index in [1.165, 1.54) is 25.7 Å². The van der Waals surface area contributed by atoms with Gasteiger partial charge in [0, 0.05) is 6.42 Å². The molecule has 19 heavy (non-hydrogen) atoms. The molecule has 3 heteroatoms. The van der Waals surface area contributed by atoms with Crippen LogP contribution in [0.4, 0.5) is 5.69 Å². The fraction of sp³-hybridized carbons (Fsp3) is 0.500. The first-order valence-electron chi connectivity index (χ1n) is 7.05. The molecule has 0 aliphatic heterocycles. The van der Waals surface area contributed by atoms with E-state index in [4.69, 9.17) is 5.26 Å². The van der Waals surface area contributed by atoms with Gasteiger partial charge in [0.25, 0.3) is 0 Å². The highest BCUT2D eigenvalue weighted by Gasteiger charge is 2.40. The highest BCUT2D eigenvalue weighted by atomic mass is 16.1. The minimum atomic E-state index is 0.0558. The van der Waals surface area contributed by atoms with E-state index in [1.54, 1.807) is 12.1 Å². The Morgan fingerprint density at radius 1 is 1.32 bits per heavy atom. The zero-order valence-corrected chi connectivity index (χ0v) is 10.9. The van der Waals surface area contributed by atoms with Gasteiger partial charge in [-0.25, -0.2) is 0 Å². The standard InChI is InChI=1S/C16H18N2O/c17-10-13-3-1-2-4-15(13)18-16(19)9-14-8-11-5-6-12(14)7-11/h1-4,11-12,14H,5-9H2,(H,18,19). The summed E-state index contributed by atoms with van der Waals surface area (Å²) in [6.07, 6.45) is 5.82. The predicted octanol–water partition coefficient (Wildman–Crippen LogP) is 3.32. The Morgan fingerprint density at radius 3 is 2.84 bits per heavy atom. The molecule has 2 aliphatic rings. The summed E-state index contributed by atoms with van der Waals surface area (Å²) < 4.78 is 0. The summed E-state index contributed by atoms with van der Waals surface area (Å²) in [5, 5.41) is 11.9. The van der Waals surface area contributed by atoms with Gasteiger partial charge in [0.15, 0.2) is 0 Å². The number of fused-ring (bicyclic) bond motifs is 2. The van der Waals surface area contributed by atoms with Crippen LogP contribution >= 0.6 is 0 Å². The second kappa shape index (κ2) is 5.05. The van der Waals surface area contributed by atoms with E-state index in [1.807, 2.05) is 12.1 Å². The van der Waals surface area contributed by atoms with Crippen LogP contribution in [-0.4, -0.2) is 5.91 Å². The van der Waals surface area contributed by atoms with Crippen molar-refractivity contribution in [3.05, 3.63) is 29.8 Å². The summed E-state index contributed by atoms with van der Waals surface area (Å²) in [4.78, 5) is 12.1. The van der Waals surface area contributed by atoms with Crippen molar-refractivity contribution in [3.63, 3.8) is 0 Å². The Kier molecular flexibility index (Phi) is 3.25. The number of rotatable bonds is 3. The Hall–Kier alpha value is -1.82. The molecule has 1 aromatic rings. The van der Waals surface area contributed by atoms with E-state index >= 15 is 0 Å². The average molecular weight is 254 g/mol. The van der Waals surface area contributed by atoms with Crippen molar-refractivity contribution in [3.8, 4) is 6.07 Å². The molecule has 0 heterocycles. The maximum atomic E-state index is 12.1. The van der Waals surface area contributed by atoms with Crippen LogP contribution in [0.2, 0.25) is 0 Å². The van der Waals surface area contributed by atoms with Gasteiger partial charge in [-0.3, -0.25) is 4.79 Å². The molecule has 3 rings (SSSR count). The minimum Gasteiger partial charge on any atom is -0.325 e. The SMILES string of the molecule is N#Cc1ccccc1NC(=O)CC1CC2CCC1C2. The number of nitrogens with zero attached hydrogens (tertiary/aromatic N) is 1. The largest absolute Gasteiger partial charge is 0.325 e. The monoisotopic (exact) mass is 254 g/mol. The average Bonchev–Trinajstić information content (AvgIpc) is 3.01. The molecule has 2 bridgehead atoms. The van der Waals surface area contributed by atoms with Crippen molar-refractivity contribution in [2.45, 2.75) is 32.1 Å². The van der Waals surface area contributed by atoms with Gasteiger partial charge >= 0.3 is 0 Å². The van der Waals surface area contributed by atoms with Crippen LogP contribution in [0, 0.1) is 29.1 Å². The summed E-state index contributed by atoms with van der Waals surface area (Å²) in [6, 6.07) is 9.28. The summed E-state index contributed by atoms with van der Waals surface area (Å²) in [5.41, 5.74) is 1.17. The number of hydrogen-bond donors (Lipinski definition) is 1. The van der Waals surface area contributed by atoms with E-state index in [9.17, 15) is 4.79 Å². The van der Waals surface area contributed by atoms with E-state index in [2.05, 4.69) is 11.4 Å². The number of anilines is 1. The smallest absolute Gasteiger partial charge is 0.224 e. The van der Waals surface area contributed by atoms with Crippen LogP contribution in [-0.2, 0) is 4.79 Å². The lowest BCUT2D eigenvalue weighted by molar-refractivity contribution is -0.117. The normalized spacial score (nSPS) is 28.1. The van der Waals surface area contributed by atoms with Crippen molar-refractivity contribution in [1.29, 1.82) is 5.26 Å². The van der Waals surface area contributed by atoms with Crippen molar-refractivity contribution in [2.75, 3.05) is 5.32 Å². The molecule has 3 unspecified atom stereocenters. The quantitative estimate of drug-likeness (QED) is 0.899. The van der Waals surface area contributed by atoms with Crippen LogP contribution in [0.3, 0.4) is 0 Å². The van der Waals surface area contributed by atoms with Crippen molar-refractivity contribution in [1.82, 2.24) is 0 Å². The van der Waals surface area contributed by atoms with Gasteiger partial charge in [-0.05, 0) is 49.1 Å². The van der Waals surface area contributed by atoms with E-state index in [-0.39, 0.29) is 5.91 Å². The van der Waals surface area contributed by atoms with Gasteiger partial charge in [0.2, 0.25) is 5.91 Å². The summed E-state index contributed by atoms with van der Waals surface area (Å²) in [5.74, 6) is 2.25. The third-order valence-electron chi connectivity index (χ3n) is 4.65. The molecule has 3 atom stereocenters. The number of hydrogen-bond acceptors (Lipinski definition) is 2. The van der Waals surface area contributed by atoms with Crippen LogP contribution in [0.15, 0.2) is 24.3 Å². The topological polar surface area (TPSA) is 52.9 Å². The molecular formula is C16H18N2O. The second-order valence-corrected chi connectivity index (χ2v) is 5.84. The first-order valence-corrected chi connectivity index (χ1v) is 7.05. The maximum absolute atomic E-state index is 12.1. The van der Waals surface area contributed by atoms with Gasteiger partial charge in [-0.15, -0.1) is 0 Å². The van der Waals surface area contributed by atoms with Crippen LogP contribution in [0.1, 0.15) is 37.7 Å². The molecule has 0 aromatic heterocycles. The Bertz CT molecular complexity index is 532. The van der Waals surface area contributed by atoms with Crippen molar-refractivity contribution >= 4 is 11.6 Å². The molecule has 1 aromatic carbocycles. The molecule has 2 fully saturated rings. The lowest BCUT2D eigenvalue weighted by Gasteiger charge is -2.21. The lowest BCUT2D eigenvalue weighted by atomic mass is 9.86. The molecule has 3 nitrogen and oxygen atoms in total. The van der Waals surface area contributed by atoms with Gasteiger partial charge in [0.1, 0.15) is 6.07 Å². The Morgan fingerprint density at radius 2 is 2.16 bits per heavy atom. The van der Waals surface area contributed by atoms with Crippen molar-refractivity contribution in [2.24, 2.45) is 17.8 Å². The highest BCUT2D eigenvalue weighted by molar-refractivity contribution is 5.92. The van der Waals surface area contributed by atoms with Gasteiger partial charge in [-0.1, -0.05) is 18.6 Å². The fourth-order valence-electron chi connectivity index (χ4n) is 3.76. The number of benzene rings is 1. The van der Waals surface area contributed by atoms with Crippen molar-refractivity contribution < 1.29 is 4.79 Å². The second-order valence-electron chi connectivity index (χ2n) is 5.84. The summed E-state index contributed by atoms with van der Waals surface area (Å²) in [7, 11) is 0. The molecule has 1 amide bonds. The zero-order valence-electron chi connectivity index (χ0n) is 10.9. The number of para-hydroxylation sites is 1. The molecule has 0 spiro atoms. The molecule has 0 saturated heterocycles. The lowest BCUT2D eigenvalue weighted by Crippen LogP contribution is -2.20. The first kappa shape index (κ1) is 12.2. The minimum absolute atomic E-state index is 0.0558. The zero-order chi connectivity index (χ0) is 13.2. The third-order valence-corrected chi connectivity index (χ3v) is 4.65. The highest BCUT2D eigenvalue weighted by Crippen LogP contribution is 2.49.